The van der Waals surface area contributed by atoms with E-state index < -0.39 is 6.04 Å². The molecule has 0 heterocycles. The van der Waals surface area contributed by atoms with Gasteiger partial charge < -0.3 is 21.2 Å². The summed E-state index contributed by atoms with van der Waals surface area (Å²) in [6.07, 6.45) is 1.50. The highest BCUT2D eigenvalue weighted by atomic mass is 16.4. The second-order valence-electron chi connectivity index (χ2n) is 3.33. The summed E-state index contributed by atoms with van der Waals surface area (Å²) < 4.78 is 0. The number of nitrogens with one attached hydrogen (secondary N) is 1. The standard InChI is InChI=1S/C9H20N4O2/c1-4-6-7(8(10)12-15)11-9(14)13(3)5-2/h7,15H,4-6H2,1-3H3,(H2,10,12)(H,11,14). The van der Waals surface area contributed by atoms with Gasteiger partial charge in [0.1, 0.15) is 0 Å². The Labute approximate surface area is 90.1 Å². The van der Waals surface area contributed by atoms with E-state index in [2.05, 4.69) is 10.5 Å². The molecule has 0 spiro atoms. The quantitative estimate of drug-likeness (QED) is 0.271. The molecule has 1 unspecified atom stereocenters. The van der Waals surface area contributed by atoms with Gasteiger partial charge in [-0.2, -0.15) is 0 Å². The number of carbonyl (C=O) groups excluding carboxylic acids is 1. The minimum atomic E-state index is -0.401. The first-order valence-corrected chi connectivity index (χ1v) is 5.05. The van der Waals surface area contributed by atoms with E-state index in [1.54, 1.807) is 7.05 Å². The Morgan fingerprint density at radius 2 is 2.20 bits per heavy atom. The van der Waals surface area contributed by atoms with Gasteiger partial charge >= 0.3 is 6.03 Å². The molecule has 88 valence electrons. The van der Waals surface area contributed by atoms with Crippen molar-refractivity contribution in [3.63, 3.8) is 0 Å². The third-order valence-corrected chi connectivity index (χ3v) is 2.17. The molecule has 4 N–H and O–H groups in total. The van der Waals surface area contributed by atoms with Crippen molar-refractivity contribution in [2.75, 3.05) is 13.6 Å². The van der Waals surface area contributed by atoms with Crippen LogP contribution in [-0.4, -0.2) is 41.6 Å². The number of hydrogen-bond acceptors (Lipinski definition) is 3. The number of carbonyl (C=O) groups is 1. The van der Waals surface area contributed by atoms with Gasteiger partial charge in [-0.25, -0.2) is 4.79 Å². The lowest BCUT2D eigenvalue weighted by molar-refractivity contribution is 0.208. The van der Waals surface area contributed by atoms with Crippen molar-refractivity contribution in [1.29, 1.82) is 0 Å². The molecule has 0 saturated carbocycles. The van der Waals surface area contributed by atoms with E-state index >= 15 is 0 Å². The Kier molecular flexibility index (Phi) is 6.24. The fraction of sp³-hybridized carbons (Fsp3) is 0.778. The highest BCUT2D eigenvalue weighted by Crippen LogP contribution is 1.98. The molecule has 0 aromatic rings. The van der Waals surface area contributed by atoms with Crippen LogP contribution in [-0.2, 0) is 0 Å². The highest BCUT2D eigenvalue weighted by Gasteiger charge is 2.17. The molecular weight excluding hydrogens is 196 g/mol. The number of amidine groups is 1. The molecule has 6 nitrogen and oxygen atoms in total. The Bertz CT molecular complexity index is 230. The maximum Gasteiger partial charge on any atom is 0.317 e. The molecule has 0 aromatic carbocycles. The lowest BCUT2D eigenvalue weighted by Gasteiger charge is -2.21. The fourth-order valence-electron chi connectivity index (χ4n) is 1.06. The van der Waals surface area contributed by atoms with E-state index in [0.717, 1.165) is 6.42 Å². The van der Waals surface area contributed by atoms with E-state index in [4.69, 9.17) is 10.9 Å². The first kappa shape index (κ1) is 13.5. The van der Waals surface area contributed by atoms with Gasteiger partial charge in [0, 0.05) is 13.6 Å². The number of nitrogens with zero attached hydrogens (tertiary/aromatic N) is 2. The van der Waals surface area contributed by atoms with Crippen molar-refractivity contribution in [1.82, 2.24) is 10.2 Å². The van der Waals surface area contributed by atoms with E-state index in [0.29, 0.717) is 13.0 Å². The van der Waals surface area contributed by atoms with Crippen LogP contribution in [0.3, 0.4) is 0 Å². The van der Waals surface area contributed by atoms with Gasteiger partial charge in [0.2, 0.25) is 0 Å². The molecule has 15 heavy (non-hydrogen) atoms. The molecular formula is C9H20N4O2. The zero-order chi connectivity index (χ0) is 11.8. The Morgan fingerprint density at radius 1 is 1.60 bits per heavy atom. The van der Waals surface area contributed by atoms with Crippen LogP contribution in [0.1, 0.15) is 26.7 Å². The monoisotopic (exact) mass is 216 g/mol. The van der Waals surface area contributed by atoms with Gasteiger partial charge in [0.15, 0.2) is 5.84 Å². The average Bonchev–Trinajstić information content (AvgIpc) is 2.26. The van der Waals surface area contributed by atoms with Gasteiger partial charge in [0.05, 0.1) is 6.04 Å². The lowest BCUT2D eigenvalue weighted by Crippen LogP contribution is -2.48. The Hall–Kier alpha value is -1.46. The normalized spacial score (nSPS) is 13.4. The van der Waals surface area contributed by atoms with Gasteiger partial charge in [-0.05, 0) is 13.3 Å². The summed E-state index contributed by atoms with van der Waals surface area (Å²) >= 11 is 0. The molecule has 0 saturated heterocycles. The lowest BCUT2D eigenvalue weighted by atomic mass is 10.1. The maximum absolute atomic E-state index is 11.5. The second-order valence-corrected chi connectivity index (χ2v) is 3.33. The highest BCUT2D eigenvalue weighted by molar-refractivity contribution is 5.89. The smallest absolute Gasteiger partial charge is 0.317 e. The van der Waals surface area contributed by atoms with E-state index in [1.165, 1.54) is 4.90 Å². The maximum atomic E-state index is 11.5. The van der Waals surface area contributed by atoms with Crippen molar-refractivity contribution in [3.8, 4) is 0 Å². The molecule has 0 aromatic heterocycles. The number of amides is 2. The molecule has 0 radical (unpaired) electrons. The number of rotatable bonds is 5. The summed E-state index contributed by atoms with van der Waals surface area (Å²) in [7, 11) is 1.69. The van der Waals surface area contributed by atoms with Gasteiger partial charge in [0.25, 0.3) is 0 Å². The molecule has 0 aliphatic heterocycles. The van der Waals surface area contributed by atoms with Crippen LogP contribution in [0.4, 0.5) is 4.79 Å². The molecule has 0 aliphatic carbocycles. The van der Waals surface area contributed by atoms with E-state index in [1.807, 2.05) is 13.8 Å². The molecule has 6 heteroatoms. The summed E-state index contributed by atoms with van der Waals surface area (Å²) in [5, 5.41) is 14.1. The van der Waals surface area contributed by atoms with Crippen molar-refractivity contribution in [2.45, 2.75) is 32.7 Å². The van der Waals surface area contributed by atoms with Crippen molar-refractivity contribution in [3.05, 3.63) is 0 Å². The number of urea groups is 1. The largest absolute Gasteiger partial charge is 0.409 e. The summed E-state index contributed by atoms with van der Waals surface area (Å²) in [4.78, 5) is 13.0. The minimum Gasteiger partial charge on any atom is -0.409 e. The molecule has 0 fully saturated rings. The van der Waals surface area contributed by atoms with Crippen molar-refractivity contribution < 1.29 is 10.0 Å². The number of nitrogens with two attached hydrogens (primary N) is 1. The Morgan fingerprint density at radius 3 is 2.60 bits per heavy atom. The van der Waals surface area contributed by atoms with Crippen LogP contribution in [0.25, 0.3) is 0 Å². The SMILES string of the molecule is CCCC(NC(=O)N(C)CC)C(N)=NO. The molecule has 0 bridgehead atoms. The molecule has 0 aliphatic rings. The predicted molar refractivity (Wildman–Crippen MR) is 58.9 cm³/mol. The average molecular weight is 216 g/mol. The summed E-state index contributed by atoms with van der Waals surface area (Å²) in [6, 6.07) is -0.621. The number of oxime groups is 1. The fourth-order valence-corrected chi connectivity index (χ4v) is 1.06. The predicted octanol–water partition coefficient (Wildman–Crippen LogP) is 0.563. The van der Waals surface area contributed by atoms with Crippen molar-refractivity contribution >= 4 is 11.9 Å². The zero-order valence-corrected chi connectivity index (χ0v) is 9.53. The first-order chi connectivity index (χ1) is 7.06. The van der Waals surface area contributed by atoms with E-state index in [9.17, 15) is 4.79 Å². The Balaban J connectivity index is 4.35. The van der Waals surface area contributed by atoms with Crippen LogP contribution in [0.2, 0.25) is 0 Å². The van der Waals surface area contributed by atoms with Gasteiger partial charge in [-0.3, -0.25) is 0 Å². The van der Waals surface area contributed by atoms with Crippen LogP contribution in [0.5, 0.6) is 0 Å². The number of hydrogen-bond donors (Lipinski definition) is 3. The summed E-state index contributed by atoms with van der Waals surface area (Å²) in [6.45, 7) is 4.45. The van der Waals surface area contributed by atoms with Crippen LogP contribution in [0.15, 0.2) is 5.16 Å². The van der Waals surface area contributed by atoms with Crippen molar-refractivity contribution in [2.24, 2.45) is 10.9 Å². The minimum absolute atomic E-state index is 0.0368. The summed E-state index contributed by atoms with van der Waals surface area (Å²) in [5.74, 6) is 0.0368. The third-order valence-electron chi connectivity index (χ3n) is 2.17. The summed E-state index contributed by atoms with van der Waals surface area (Å²) in [5.41, 5.74) is 5.46. The van der Waals surface area contributed by atoms with Gasteiger partial charge in [-0.15, -0.1) is 0 Å². The topological polar surface area (TPSA) is 91.0 Å². The molecule has 2 amide bonds. The third kappa shape index (κ3) is 4.53. The van der Waals surface area contributed by atoms with Gasteiger partial charge in [-0.1, -0.05) is 18.5 Å². The van der Waals surface area contributed by atoms with Crippen LogP contribution in [0, 0.1) is 0 Å². The van der Waals surface area contributed by atoms with Crippen LogP contribution >= 0.6 is 0 Å². The zero-order valence-electron chi connectivity index (χ0n) is 9.53. The van der Waals surface area contributed by atoms with E-state index in [-0.39, 0.29) is 11.9 Å². The first-order valence-electron chi connectivity index (χ1n) is 5.05. The molecule has 1 atom stereocenters. The second kappa shape index (κ2) is 6.92. The van der Waals surface area contributed by atoms with Crippen LogP contribution < -0.4 is 11.1 Å². The molecule has 0 rings (SSSR count).